The second-order valence-electron chi connectivity index (χ2n) is 6.04. The fraction of sp³-hybridized carbons (Fsp3) is 1.00. The molecule has 1 saturated carbocycles. The van der Waals surface area contributed by atoms with E-state index in [1.807, 2.05) is 0 Å². The van der Waals surface area contributed by atoms with Crippen LogP contribution in [-0.4, -0.2) is 48.8 Å². The van der Waals surface area contributed by atoms with Crippen molar-refractivity contribution in [2.24, 2.45) is 5.92 Å². The van der Waals surface area contributed by atoms with Crippen LogP contribution >= 0.6 is 0 Å². The maximum absolute atomic E-state index is 5.76. The second kappa shape index (κ2) is 4.87. The van der Waals surface area contributed by atoms with Gasteiger partial charge in [0.15, 0.2) is 0 Å². The van der Waals surface area contributed by atoms with Crippen LogP contribution in [-0.2, 0) is 4.74 Å². The van der Waals surface area contributed by atoms with Gasteiger partial charge >= 0.3 is 0 Å². The van der Waals surface area contributed by atoms with Gasteiger partial charge < -0.3 is 10.1 Å². The molecular weight excluding hydrogens is 212 g/mol. The molecule has 4 atom stereocenters. The van der Waals surface area contributed by atoms with Crippen LogP contribution in [0, 0.1) is 5.92 Å². The Morgan fingerprint density at radius 1 is 1.29 bits per heavy atom. The highest BCUT2D eigenvalue weighted by atomic mass is 16.5. The van der Waals surface area contributed by atoms with Gasteiger partial charge in [-0.25, -0.2) is 0 Å². The Kier molecular flexibility index (Phi) is 3.42. The molecule has 4 unspecified atom stereocenters. The van der Waals surface area contributed by atoms with Gasteiger partial charge in [-0.15, -0.1) is 0 Å². The zero-order valence-corrected chi connectivity index (χ0v) is 11.2. The number of ether oxygens (including phenoxy) is 1. The highest BCUT2D eigenvalue weighted by molar-refractivity contribution is 4.97. The molecule has 17 heavy (non-hydrogen) atoms. The van der Waals surface area contributed by atoms with E-state index in [0.29, 0.717) is 12.1 Å². The van der Waals surface area contributed by atoms with Crippen LogP contribution in [0.5, 0.6) is 0 Å². The SMILES string of the molecule is CCC1CNC(C2CC2)CN1C1CCOC1C. The van der Waals surface area contributed by atoms with Crippen LogP contribution in [0.2, 0.25) is 0 Å². The second-order valence-corrected chi connectivity index (χ2v) is 6.04. The Labute approximate surface area is 105 Å². The minimum absolute atomic E-state index is 0.432. The molecule has 2 heterocycles. The molecule has 1 N–H and O–H groups in total. The molecule has 0 amide bonds. The summed E-state index contributed by atoms with van der Waals surface area (Å²) in [5.74, 6) is 0.966. The number of hydrogen-bond donors (Lipinski definition) is 1. The smallest absolute Gasteiger partial charge is 0.0703 e. The van der Waals surface area contributed by atoms with Crippen LogP contribution in [0.4, 0.5) is 0 Å². The summed E-state index contributed by atoms with van der Waals surface area (Å²) in [6, 6.07) is 2.15. The van der Waals surface area contributed by atoms with Gasteiger partial charge in [-0.1, -0.05) is 6.92 Å². The van der Waals surface area contributed by atoms with E-state index in [9.17, 15) is 0 Å². The summed E-state index contributed by atoms with van der Waals surface area (Å²) in [6.07, 6.45) is 5.81. The Hall–Kier alpha value is -0.120. The lowest BCUT2D eigenvalue weighted by Gasteiger charge is -2.44. The van der Waals surface area contributed by atoms with Gasteiger partial charge in [0.2, 0.25) is 0 Å². The molecule has 0 aromatic rings. The summed E-state index contributed by atoms with van der Waals surface area (Å²) in [5, 5.41) is 3.77. The molecule has 98 valence electrons. The summed E-state index contributed by atoms with van der Waals surface area (Å²) >= 11 is 0. The van der Waals surface area contributed by atoms with Crippen LogP contribution in [0.25, 0.3) is 0 Å². The van der Waals surface area contributed by atoms with Gasteiger partial charge in [0, 0.05) is 37.8 Å². The molecule has 0 spiro atoms. The van der Waals surface area contributed by atoms with E-state index < -0.39 is 0 Å². The van der Waals surface area contributed by atoms with Gasteiger partial charge in [0.1, 0.15) is 0 Å². The molecular formula is C14H26N2O. The predicted molar refractivity (Wildman–Crippen MR) is 69.1 cm³/mol. The lowest BCUT2D eigenvalue weighted by molar-refractivity contribution is 0.0272. The van der Waals surface area contributed by atoms with E-state index in [2.05, 4.69) is 24.1 Å². The predicted octanol–water partition coefficient (Wildman–Crippen LogP) is 1.63. The van der Waals surface area contributed by atoms with Crippen LogP contribution in [0.15, 0.2) is 0 Å². The Balaban J connectivity index is 1.68. The highest BCUT2D eigenvalue weighted by Gasteiger charge is 2.41. The fourth-order valence-electron chi connectivity index (χ4n) is 3.60. The first-order valence-corrected chi connectivity index (χ1v) is 7.40. The average Bonchev–Trinajstić information content (AvgIpc) is 3.11. The van der Waals surface area contributed by atoms with E-state index in [0.717, 1.165) is 24.6 Å². The van der Waals surface area contributed by atoms with Crippen molar-refractivity contribution in [3.63, 3.8) is 0 Å². The molecule has 0 aromatic carbocycles. The largest absolute Gasteiger partial charge is 0.377 e. The monoisotopic (exact) mass is 238 g/mol. The molecule has 3 nitrogen and oxygen atoms in total. The molecule has 0 radical (unpaired) electrons. The van der Waals surface area contributed by atoms with Crippen LogP contribution < -0.4 is 5.32 Å². The molecule has 3 aliphatic rings. The fourth-order valence-corrected chi connectivity index (χ4v) is 3.60. The van der Waals surface area contributed by atoms with Gasteiger partial charge in [-0.2, -0.15) is 0 Å². The van der Waals surface area contributed by atoms with Gasteiger partial charge in [-0.3, -0.25) is 4.90 Å². The van der Waals surface area contributed by atoms with Crippen molar-refractivity contribution >= 4 is 0 Å². The lowest BCUT2D eigenvalue weighted by atomic mass is 9.98. The summed E-state index contributed by atoms with van der Waals surface area (Å²) in [5.41, 5.74) is 0. The lowest BCUT2D eigenvalue weighted by Crippen LogP contribution is -2.61. The highest BCUT2D eigenvalue weighted by Crippen LogP contribution is 2.35. The Morgan fingerprint density at radius 3 is 2.71 bits per heavy atom. The van der Waals surface area contributed by atoms with Crippen molar-refractivity contribution in [2.45, 2.75) is 63.8 Å². The van der Waals surface area contributed by atoms with E-state index >= 15 is 0 Å². The third-order valence-electron chi connectivity index (χ3n) is 4.92. The Bertz CT molecular complexity index is 267. The standard InChI is InChI=1S/C14H26N2O/c1-3-12-8-15-13(11-4-5-11)9-16(12)14-6-7-17-10(14)2/h10-15H,3-9H2,1-2H3. The quantitative estimate of drug-likeness (QED) is 0.809. The Morgan fingerprint density at radius 2 is 2.12 bits per heavy atom. The first kappa shape index (κ1) is 11.9. The van der Waals surface area contributed by atoms with Crippen molar-refractivity contribution in [3.8, 4) is 0 Å². The van der Waals surface area contributed by atoms with Gasteiger partial charge in [-0.05, 0) is 38.5 Å². The van der Waals surface area contributed by atoms with Gasteiger partial charge in [0.05, 0.1) is 6.10 Å². The van der Waals surface area contributed by atoms with Crippen LogP contribution in [0.3, 0.4) is 0 Å². The summed E-state index contributed by atoms with van der Waals surface area (Å²) < 4.78 is 5.76. The van der Waals surface area contributed by atoms with E-state index in [1.165, 1.54) is 38.8 Å². The van der Waals surface area contributed by atoms with Crippen molar-refractivity contribution in [3.05, 3.63) is 0 Å². The maximum Gasteiger partial charge on any atom is 0.0703 e. The topological polar surface area (TPSA) is 24.5 Å². The van der Waals surface area contributed by atoms with E-state index in [-0.39, 0.29) is 0 Å². The minimum Gasteiger partial charge on any atom is -0.377 e. The molecule has 3 fully saturated rings. The molecule has 0 aromatic heterocycles. The molecule has 2 saturated heterocycles. The van der Waals surface area contributed by atoms with Crippen LogP contribution in [0.1, 0.15) is 39.5 Å². The third kappa shape index (κ3) is 2.38. The normalized spacial score (nSPS) is 44.1. The number of piperazine rings is 1. The first-order chi connectivity index (χ1) is 8.29. The van der Waals surface area contributed by atoms with Crippen molar-refractivity contribution in [2.75, 3.05) is 19.7 Å². The molecule has 3 rings (SSSR count). The summed E-state index contributed by atoms with van der Waals surface area (Å²) in [6.45, 7) is 7.96. The molecule has 2 aliphatic heterocycles. The summed E-state index contributed by atoms with van der Waals surface area (Å²) in [7, 11) is 0. The molecule has 0 bridgehead atoms. The van der Waals surface area contributed by atoms with Crippen molar-refractivity contribution in [1.29, 1.82) is 0 Å². The zero-order valence-electron chi connectivity index (χ0n) is 11.2. The van der Waals surface area contributed by atoms with E-state index in [4.69, 9.17) is 4.74 Å². The minimum atomic E-state index is 0.432. The average molecular weight is 238 g/mol. The van der Waals surface area contributed by atoms with Gasteiger partial charge in [0.25, 0.3) is 0 Å². The number of rotatable bonds is 3. The molecule has 3 heteroatoms. The maximum atomic E-state index is 5.76. The first-order valence-electron chi connectivity index (χ1n) is 7.40. The van der Waals surface area contributed by atoms with E-state index in [1.54, 1.807) is 0 Å². The third-order valence-corrected chi connectivity index (χ3v) is 4.92. The van der Waals surface area contributed by atoms with Crippen molar-refractivity contribution in [1.82, 2.24) is 10.2 Å². The number of nitrogens with zero attached hydrogens (tertiary/aromatic N) is 1. The zero-order chi connectivity index (χ0) is 11.8. The molecule has 1 aliphatic carbocycles. The number of nitrogens with one attached hydrogen (secondary N) is 1. The summed E-state index contributed by atoms with van der Waals surface area (Å²) in [4.78, 5) is 2.76. The van der Waals surface area contributed by atoms with Crippen molar-refractivity contribution < 1.29 is 4.74 Å². The number of hydrogen-bond acceptors (Lipinski definition) is 3.